The van der Waals surface area contributed by atoms with Crippen molar-refractivity contribution in [3.8, 4) is 0 Å². The van der Waals surface area contributed by atoms with E-state index in [4.69, 9.17) is 10.5 Å². The number of nitrogens with two attached hydrogens (primary N) is 1. The van der Waals surface area contributed by atoms with Crippen LogP contribution in [0, 0.1) is 5.41 Å². The molecule has 0 fully saturated rings. The summed E-state index contributed by atoms with van der Waals surface area (Å²) < 4.78 is 4.82. The number of rotatable bonds is 5. The van der Waals surface area contributed by atoms with Gasteiger partial charge in [-0.25, -0.2) is 4.79 Å². The quantitative estimate of drug-likeness (QED) is 0.662. The van der Waals surface area contributed by atoms with Crippen molar-refractivity contribution in [3.63, 3.8) is 0 Å². The third kappa shape index (κ3) is 5.22. The highest BCUT2D eigenvalue weighted by Gasteiger charge is 2.23. The van der Waals surface area contributed by atoms with Gasteiger partial charge in [0.2, 0.25) is 0 Å². The van der Waals surface area contributed by atoms with Crippen LogP contribution in [-0.2, 0) is 9.53 Å². The van der Waals surface area contributed by atoms with Crippen molar-refractivity contribution in [1.29, 1.82) is 0 Å². The Kier molecular flexibility index (Phi) is 4.45. The second-order valence-electron chi connectivity index (χ2n) is 3.78. The predicted octanol–water partition coefficient (Wildman–Crippen LogP) is 1.48. The molecule has 1 atom stereocenters. The van der Waals surface area contributed by atoms with Gasteiger partial charge < -0.3 is 15.3 Å². The molecule has 0 radical (unpaired) electrons. The van der Waals surface area contributed by atoms with E-state index >= 15 is 0 Å². The Balaban J connectivity index is 4.12. The molecule has 4 heteroatoms. The normalized spacial score (nSPS) is 13.5. The van der Waals surface area contributed by atoms with Crippen LogP contribution in [0.4, 0.5) is 4.79 Å². The number of aldehydes is 1. The van der Waals surface area contributed by atoms with Gasteiger partial charge in [-0.1, -0.05) is 20.8 Å². The summed E-state index contributed by atoms with van der Waals surface area (Å²) in [4.78, 5) is 21.0. The monoisotopic (exact) mass is 187 g/mol. The number of carbonyl (C=O) groups excluding carboxylic acids is 2. The average molecular weight is 187 g/mol. The Hall–Kier alpha value is -1.06. The molecule has 2 N–H and O–H groups in total. The van der Waals surface area contributed by atoms with Crippen LogP contribution in [0.3, 0.4) is 0 Å². The first-order valence-corrected chi connectivity index (χ1v) is 4.33. The highest BCUT2D eigenvalue weighted by Crippen LogP contribution is 2.22. The maximum atomic E-state index is 10.6. The first-order chi connectivity index (χ1) is 5.91. The fourth-order valence-corrected chi connectivity index (χ4v) is 1.07. The Bertz CT molecular complexity index is 189. The Morgan fingerprint density at radius 1 is 1.62 bits per heavy atom. The maximum Gasteiger partial charge on any atom is 0.404 e. The number of amides is 1. The topological polar surface area (TPSA) is 69.4 Å². The van der Waals surface area contributed by atoms with E-state index in [2.05, 4.69) is 0 Å². The molecule has 4 nitrogen and oxygen atoms in total. The van der Waals surface area contributed by atoms with E-state index in [0.29, 0.717) is 12.8 Å². The largest absolute Gasteiger partial charge is 0.446 e. The summed E-state index contributed by atoms with van der Waals surface area (Å²) in [6.45, 7) is 5.48. The molecule has 0 aliphatic carbocycles. The molecule has 1 amide bonds. The van der Waals surface area contributed by atoms with Gasteiger partial charge in [-0.3, -0.25) is 0 Å². The maximum absolute atomic E-state index is 10.6. The lowest BCUT2D eigenvalue weighted by Gasteiger charge is -2.23. The molecule has 0 aliphatic rings. The zero-order valence-electron chi connectivity index (χ0n) is 8.37. The molecule has 0 aromatic rings. The third-order valence-electron chi connectivity index (χ3n) is 1.81. The van der Waals surface area contributed by atoms with Crippen molar-refractivity contribution in [3.05, 3.63) is 0 Å². The van der Waals surface area contributed by atoms with Gasteiger partial charge in [-0.05, 0) is 12.8 Å². The molecule has 0 spiro atoms. The van der Waals surface area contributed by atoms with Crippen LogP contribution in [-0.4, -0.2) is 18.5 Å². The summed E-state index contributed by atoms with van der Waals surface area (Å²) >= 11 is 0. The molecule has 0 bridgehead atoms. The molecule has 0 rings (SSSR count). The minimum atomic E-state index is -0.784. The molecule has 0 saturated heterocycles. The van der Waals surface area contributed by atoms with Gasteiger partial charge in [0.05, 0.1) is 0 Å². The second kappa shape index (κ2) is 4.84. The van der Waals surface area contributed by atoms with Gasteiger partial charge in [-0.15, -0.1) is 0 Å². The van der Waals surface area contributed by atoms with Crippen molar-refractivity contribution in [2.24, 2.45) is 11.1 Å². The van der Waals surface area contributed by atoms with E-state index in [9.17, 15) is 9.59 Å². The molecule has 0 aromatic heterocycles. The van der Waals surface area contributed by atoms with E-state index in [0.717, 1.165) is 6.29 Å². The fourth-order valence-electron chi connectivity index (χ4n) is 1.07. The molecular formula is C9H17NO3. The lowest BCUT2D eigenvalue weighted by atomic mass is 9.88. The molecule has 0 aliphatic heterocycles. The van der Waals surface area contributed by atoms with Crippen LogP contribution >= 0.6 is 0 Å². The summed E-state index contributed by atoms with van der Waals surface area (Å²) in [5, 5.41) is 0. The third-order valence-corrected chi connectivity index (χ3v) is 1.81. The van der Waals surface area contributed by atoms with Crippen molar-refractivity contribution in [2.75, 3.05) is 0 Å². The minimum absolute atomic E-state index is 0.266. The molecular weight excluding hydrogens is 170 g/mol. The fraction of sp³-hybridized carbons (Fsp3) is 0.778. The lowest BCUT2D eigenvalue weighted by molar-refractivity contribution is -0.116. The smallest absolute Gasteiger partial charge is 0.404 e. The molecule has 0 heterocycles. The standard InChI is InChI=1S/C9H17NO3/c1-4-7(13-8(10)12)5-9(2,3)6-11/h6-7H,4-5H2,1-3H3,(H2,10,12). The van der Waals surface area contributed by atoms with E-state index < -0.39 is 11.5 Å². The number of hydrogen-bond donors (Lipinski definition) is 1. The van der Waals surface area contributed by atoms with Gasteiger partial charge in [-0.2, -0.15) is 0 Å². The highest BCUT2D eigenvalue weighted by molar-refractivity contribution is 5.65. The van der Waals surface area contributed by atoms with Crippen LogP contribution in [0.5, 0.6) is 0 Å². The van der Waals surface area contributed by atoms with Gasteiger partial charge >= 0.3 is 6.09 Å². The Morgan fingerprint density at radius 3 is 2.46 bits per heavy atom. The van der Waals surface area contributed by atoms with Crippen LogP contribution in [0.25, 0.3) is 0 Å². The van der Waals surface area contributed by atoms with Crippen molar-refractivity contribution < 1.29 is 14.3 Å². The Labute approximate surface area is 78.4 Å². The number of hydrogen-bond acceptors (Lipinski definition) is 3. The summed E-state index contributed by atoms with van der Waals surface area (Å²) in [5.41, 5.74) is 4.42. The van der Waals surface area contributed by atoms with Crippen molar-refractivity contribution >= 4 is 12.4 Å². The number of ether oxygens (including phenoxy) is 1. The van der Waals surface area contributed by atoms with E-state index in [1.54, 1.807) is 13.8 Å². The molecule has 0 aromatic carbocycles. The lowest BCUT2D eigenvalue weighted by Crippen LogP contribution is -2.28. The molecule has 13 heavy (non-hydrogen) atoms. The van der Waals surface area contributed by atoms with Gasteiger partial charge in [0, 0.05) is 5.41 Å². The average Bonchev–Trinajstić information content (AvgIpc) is 2.02. The van der Waals surface area contributed by atoms with Crippen LogP contribution in [0.2, 0.25) is 0 Å². The summed E-state index contributed by atoms with van der Waals surface area (Å²) in [7, 11) is 0. The highest BCUT2D eigenvalue weighted by atomic mass is 16.6. The number of carbonyl (C=O) groups is 2. The summed E-state index contributed by atoms with van der Waals surface area (Å²) in [5.74, 6) is 0. The van der Waals surface area contributed by atoms with E-state index in [1.165, 1.54) is 0 Å². The van der Waals surface area contributed by atoms with Gasteiger partial charge in [0.15, 0.2) is 0 Å². The zero-order chi connectivity index (χ0) is 10.5. The number of primary amides is 1. The summed E-state index contributed by atoms with van der Waals surface area (Å²) in [6.07, 6.45) is 0.988. The SMILES string of the molecule is CCC(CC(C)(C)C=O)OC(N)=O. The van der Waals surface area contributed by atoms with Gasteiger partial charge in [0.25, 0.3) is 0 Å². The Morgan fingerprint density at radius 2 is 2.15 bits per heavy atom. The summed E-state index contributed by atoms with van der Waals surface area (Å²) in [6, 6.07) is 0. The first-order valence-electron chi connectivity index (χ1n) is 4.33. The second-order valence-corrected chi connectivity index (χ2v) is 3.78. The molecule has 76 valence electrons. The van der Waals surface area contributed by atoms with Crippen LogP contribution in [0.1, 0.15) is 33.6 Å². The van der Waals surface area contributed by atoms with Crippen molar-refractivity contribution in [1.82, 2.24) is 0 Å². The first kappa shape index (κ1) is 11.9. The van der Waals surface area contributed by atoms with Crippen LogP contribution in [0.15, 0.2) is 0 Å². The van der Waals surface area contributed by atoms with Crippen LogP contribution < -0.4 is 5.73 Å². The zero-order valence-corrected chi connectivity index (χ0v) is 8.37. The molecule has 1 unspecified atom stereocenters. The van der Waals surface area contributed by atoms with Gasteiger partial charge in [0.1, 0.15) is 12.4 Å². The minimum Gasteiger partial charge on any atom is -0.446 e. The molecule has 0 saturated carbocycles. The predicted molar refractivity (Wildman–Crippen MR) is 49.2 cm³/mol. The van der Waals surface area contributed by atoms with E-state index in [-0.39, 0.29) is 6.10 Å². The van der Waals surface area contributed by atoms with Crippen molar-refractivity contribution in [2.45, 2.75) is 39.7 Å². The van der Waals surface area contributed by atoms with E-state index in [1.807, 2.05) is 6.92 Å².